The molecule has 1 aromatic rings. The molecule has 0 saturated carbocycles. The fourth-order valence-electron chi connectivity index (χ4n) is 1.30. The molecule has 78 valence electrons. The summed E-state index contributed by atoms with van der Waals surface area (Å²) in [6, 6.07) is 4.82. The normalized spacial score (nSPS) is 12.8. The average Bonchev–Trinajstić information content (AvgIpc) is 2.18. The van der Waals surface area contributed by atoms with E-state index in [1.807, 2.05) is 0 Å². The molecule has 0 spiro atoms. The number of halogens is 1. The van der Waals surface area contributed by atoms with Gasteiger partial charge in [0.25, 0.3) is 0 Å². The van der Waals surface area contributed by atoms with Crippen molar-refractivity contribution in [3.05, 3.63) is 28.8 Å². The number of para-hydroxylation sites is 1. The van der Waals surface area contributed by atoms with Crippen molar-refractivity contribution in [2.75, 3.05) is 6.61 Å². The lowest BCUT2D eigenvalue weighted by Crippen LogP contribution is -2.11. The van der Waals surface area contributed by atoms with E-state index in [-0.39, 0.29) is 18.4 Å². The predicted molar refractivity (Wildman–Crippen MR) is 56.4 cm³/mol. The number of phenolic OH excluding ortho intramolecular Hbond substituents is 1. The lowest BCUT2D eigenvalue weighted by Gasteiger charge is -2.13. The Morgan fingerprint density at radius 1 is 1.43 bits per heavy atom. The van der Waals surface area contributed by atoms with Crippen molar-refractivity contribution in [2.24, 2.45) is 5.73 Å². The number of hydrogen-bond donors (Lipinski definition) is 3. The third kappa shape index (κ3) is 2.61. The summed E-state index contributed by atoms with van der Waals surface area (Å²) in [4.78, 5) is 0. The molecule has 1 atom stereocenters. The van der Waals surface area contributed by atoms with Crippen molar-refractivity contribution in [1.29, 1.82) is 0 Å². The molecular weight excluding hydrogens is 202 g/mol. The molecular formula is C10H14ClNO2. The molecule has 0 amide bonds. The van der Waals surface area contributed by atoms with Crippen LogP contribution in [0.4, 0.5) is 0 Å². The number of rotatable bonds is 4. The molecule has 1 rings (SSSR count). The largest absolute Gasteiger partial charge is 0.506 e. The Hall–Kier alpha value is -0.770. The monoisotopic (exact) mass is 215 g/mol. The van der Waals surface area contributed by atoms with Crippen LogP contribution in [0.5, 0.6) is 5.75 Å². The summed E-state index contributed by atoms with van der Waals surface area (Å²) in [6.07, 6.45) is 1.25. The lowest BCUT2D eigenvalue weighted by atomic mass is 10.0. The molecule has 0 heterocycles. The van der Waals surface area contributed by atoms with Gasteiger partial charge < -0.3 is 15.9 Å². The molecule has 3 nitrogen and oxygen atoms in total. The first kappa shape index (κ1) is 11.3. The van der Waals surface area contributed by atoms with E-state index >= 15 is 0 Å². The Morgan fingerprint density at radius 3 is 2.79 bits per heavy atom. The third-order valence-electron chi connectivity index (χ3n) is 2.09. The minimum absolute atomic E-state index is 0.0413. The number of aromatic hydroxyl groups is 1. The zero-order chi connectivity index (χ0) is 10.6. The molecule has 1 aromatic carbocycles. The summed E-state index contributed by atoms with van der Waals surface area (Å²) in [5, 5.41) is 18.5. The maximum Gasteiger partial charge on any atom is 0.138 e. The molecule has 4 N–H and O–H groups in total. The van der Waals surface area contributed by atoms with Crippen molar-refractivity contribution in [2.45, 2.75) is 18.9 Å². The molecule has 0 aliphatic heterocycles. The second kappa shape index (κ2) is 5.20. The van der Waals surface area contributed by atoms with Crippen molar-refractivity contribution < 1.29 is 10.2 Å². The molecule has 14 heavy (non-hydrogen) atoms. The zero-order valence-corrected chi connectivity index (χ0v) is 8.54. The van der Waals surface area contributed by atoms with Crippen LogP contribution in [-0.2, 0) is 0 Å². The van der Waals surface area contributed by atoms with Crippen LogP contribution in [0.25, 0.3) is 0 Å². The van der Waals surface area contributed by atoms with E-state index in [1.54, 1.807) is 18.2 Å². The van der Waals surface area contributed by atoms with Crippen LogP contribution >= 0.6 is 11.6 Å². The van der Waals surface area contributed by atoms with Crippen molar-refractivity contribution >= 4 is 11.6 Å². The first-order valence-corrected chi connectivity index (χ1v) is 4.88. The molecule has 0 saturated heterocycles. The molecule has 0 aromatic heterocycles. The van der Waals surface area contributed by atoms with Gasteiger partial charge in [0.2, 0.25) is 0 Å². The topological polar surface area (TPSA) is 66.5 Å². The molecule has 0 bridgehead atoms. The summed E-state index contributed by atoms with van der Waals surface area (Å²) in [5.41, 5.74) is 6.45. The molecule has 0 fully saturated rings. The number of nitrogens with two attached hydrogens (primary N) is 1. The SMILES string of the molecule is N[C@H](CCCO)c1cccc(Cl)c1O. The molecule has 4 heteroatoms. The molecule has 0 unspecified atom stereocenters. The van der Waals surface area contributed by atoms with Crippen LogP contribution in [0.2, 0.25) is 5.02 Å². The van der Waals surface area contributed by atoms with Crippen LogP contribution in [0.1, 0.15) is 24.4 Å². The first-order valence-electron chi connectivity index (χ1n) is 4.50. The average molecular weight is 216 g/mol. The summed E-state index contributed by atoms with van der Waals surface area (Å²) < 4.78 is 0. The molecule has 0 aliphatic carbocycles. The van der Waals surface area contributed by atoms with Gasteiger partial charge in [-0.05, 0) is 18.9 Å². The second-order valence-electron chi connectivity index (χ2n) is 3.15. The number of aliphatic hydroxyl groups excluding tert-OH is 1. The lowest BCUT2D eigenvalue weighted by molar-refractivity contribution is 0.279. The van der Waals surface area contributed by atoms with Gasteiger partial charge in [0.05, 0.1) is 5.02 Å². The summed E-state index contributed by atoms with van der Waals surface area (Å²) >= 11 is 5.74. The number of hydrogen-bond acceptors (Lipinski definition) is 3. The second-order valence-corrected chi connectivity index (χ2v) is 3.56. The molecule has 0 aliphatic rings. The highest BCUT2D eigenvalue weighted by Gasteiger charge is 2.12. The van der Waals surface area contributed by atoms with Gasteiger partial charge in [-0.2, -0.15) is 0 Å². The van der Waals surface area contributed by atoms with Gasteiger partial charge in [0.15, 0.2) is 0 Å². The van der Waals surface area contributed by atoms with Crippen molar-refractivity contribution in [3.8, 4) is 5.75 Å². The number of phenols is 1. The van der Waals surface area contributed by atoms with E-state index in [4.69, 9.17) is 22.4 Å². The Morgan fingerprint density at radius 2 is 2.14 bits per heavy atom. The smallest absolute Gasteiger partial charge is 0.138 e. The van der Waals surface area contributed by atoms with E-state index < -0.39 is 0 Å². The van der Waals surface area contributed by atoms with Gasteiger partial charge in [-0.15, -0.1) is 0 Å². The van der Waals surface area contributed by atoms with Gasteiger partial charge in [-0.25, -0.2) is 0 Å². The quantitative estimate of drug-likeness (QED) is 0.718. The van der Waals surface area contributed by atoms with Crippen LogP contribution in [-0.4, -0.2) is 16.8 Å². The van der Waals surface area contributed by atoms with Gasteiger partial charge in [0, 0.05) is 18.2 Å². The minimum atomic E-state index is -0.277. The Bertz CT molecular complexity index is 304. The maximum atomic E-state index is 9.59. The fourth-order valence-corrected chi connectivity index (χ4v) is 1.48. The zero-order valence-electron chi connectivity index (χ0n) is 7.78. The van der Waals surface area contributed by atoms with Crippen LogP contribution < -0.4 is 5.73 Å². The standard InChI is InChI=1S/C10H14ClNO2/c11-8-4-1-3-7(10(8)14)9(12)5-2-6-13/h1,3-4,9,13-14H,2,5-6,12H2/t9-/m1/s1. The highest BCUT2D eigenvalue weighted by atomic mass is 35.5. The van der Waals surface area contributed by atoms with E-state index in [9.17, 15) is 5.11 Å². The van der Waals surface area contributed by atoms with E-state index in [1.165, 1.54) is 0 Å². The first-order chi connectivity index (χ1) is 6.66. The predicted octanol–water partition coefficient (Wildman–Crippen LogP) is 1.82. The van der Waals surface area contributed by atoms with E-state index in [0.29, 0.717) is 23.4 Å². The van der Waals surface area contributed by atoms with E-state index in [2.05, 4.69) is 0 Å². The Labute approximate surface area is 88.1 Å². The Kier molecular flexibility index (Phi) is 4.20. The number of benzene rings is 1. The maximum absolute atomic E-state index is 9.59. The fraction of sp³-hybridized carbons (Fsp3) is 0.400. The highest BCUT2D eigenvalue weighted by Crippen LogP contribution is 2.31. The number of aliphatic hydroxyl groups is 1. The van der Waals surface area contributed by atoms with Crippen molar-refractivity contribution in [1.82, 2.24) is 0 Å². The summed E-state index contributed by atoms with van der Waals surface area (Å²) in [7, 11) is 0. The van der Waals surface area contributed by atoms with Gasteiger partial charge in [0.1, 0.15) is 5.75 Å². The van der Waals surface area contributed by atoms with Gasteiger partial charge >= 0.3 is 0 Å². The molecule has 0 radical (unpaired) electrons. The van der Waals surface area contributed by atoms with Crippen LogP contribution in [0.15, 0.2) is 18.2 Å². The Balaban J connectivity index is 2.79. The van der Waals surface area contributed by atoms with E-state index in [0.717, 1.165) is 0 Å². The van der Waals surface area contributed by atoms with Crippen LogP contribution in [0, 0.1) is 0 Å². The van der Waals surface area contributed by atoms with Crippen molar-refractivity contribution in [3.63, 3.8) is 0 Å². The van der Waals surface area contributed by atoms with Gasteiger partial charge in [-0.1, -0.05) is 23.7 Å². The minimum Gasteiger partial charge on any atom is -0.506 e. The van der Waals surface area contributed by atoms with Gasteiger partial charge in [-0.3, -0.25) is 0 Å². The third-order valence-corrected chi connectivity index (χ3v) is 2.40. The highest BCUT2D eigenvalue weighted by molar-refractivity contribution is 6.32. The summed E-state index contributed by atoms with van der Waals surface area (Å²) in [5.74, 6) is 0.0413. The summed E-state index contributed by atoms with van der Waals surface area (Å²) in [6.45, 7) is 0.106. The van der Waals surface area contributed by atoms with Crippen LogP contribution in [0.3, 0.4) is 0 Å².